The van der Waals surface area contributed by atoms with Gasteiger partial charge in [-0.1, -0.05) is 17.9 Å². The van der Waals surface area contributed by atoms with Gasteiger partial charge in [-0.15, -0.1) is 5.10 Å². The van der Waals surface area contributed by atoms with E-state index in [1.54, 1.807) is 61.5 Å². The summed E-state index contributed by atoms with van der Waals surface area (Å²) in [5.74, 6) is 5.16. The molecule has 5 aromatic rings. The fraction of sp³-hybridized carbons (Fsp3) is 0.231. The predicted octanol–water partition coefficient (Wildman–Crippen LogP) is 0.195. The summed E-state index contributed by atoms with van der Waals surface area (Å²) >= 11 is 0. The van der Waals surface area contributed by atoms with Gasteiger partial charge in [0.1, 0.15) is 11.4 Å². The van der Waals surface area contributed by atoms with Gasteiger partial charge in [-0.3, -0.25) is 18.8 Å². The monoisotopic (exact) mass is 574 g/mol. The molecule has 5 rings (SSSR count). The number of carbonyl (C=O) groups excluding carboxylic acids is 1. The number of nitrogen functional groups attached to an aromatic ring is 1. The lowest BCUT2D eigenvalue weighted by molar-refractivity contribution is 0.0939. The Morgan fingerprint density at radius 3 is 2.76 bits per heavy atom. The van der Waals surface area contributed by atoms with Crippen LogP contribution in [0.2, 0.25) is 0 Å². The molecule has 0 spiro atoms. The Balaban J connectivity index is 1.59. The van der Waals surface area contributed by atoms with E-state index < -0.39 is 33.3 Å². The number of sulfonamides is 1. The standard InChI is InChI=1S/C26H26N10O4S/c1-16(31-25(37)21-22(27)33-36-11-5-10-29-24(21)36)23-32-19-7-4-6-18(9-8-17-14-30-34(3)15-17)20(19)26(38)35(23)12-13-41(39,40)28-2/h4-7,10-11,14-16,28H,12-13H2,1-3H3,(H2,27,33)(H,31,37)/t16-/m0/s1. The van der Waals surface area contributed by atoms with Gasteiger partial charge in [-0.25, -0.2) is 27.6 Å². The Kier molecular flexibility index (Phi) is 7.26. The summed E-state index contributed by atoms with van der Waals surface area (Å²) in [7, 11) is -0.607. The molecular weight excluding hydrogens is 548 g/mol. The summed E-state index contributed by atoms with van der Waals surface area (Å²) in [5.41, 5.74) is 7.25. The number of aromatic nitrogens is 7. The Morgan fingerprint density at radius 2 is 2.02 bits per heavy atom. The Morgan fingerprint density at radius 1 is 1.22 bits per heavy atom. The molecule has 210 valence electrons. The number of amides is 1. The van der Waals surface area contributed by atoms with Crippen molar-refractivity contribution in [2.45, 2.75) is 19.5 Å². The first-order valence-corrected chi connectivity index (χ1v) is 14.1. The van der Waals surface area contributed by atoms with E-state index in [1.807, 2.05) is 0 Å². The number of carbonyl (C=O) groups is 1. The molecule has 1 aromatic carbocycles. The van der Waals surface area contributed by atoms with Crippen molar-refractivity contribution in [3.63, 3.8) is 0 Å². The van der Waals surface area contributed by atoms with Crippen molar-refractivity contribution in [1.29, 1.82) is 0 Å². The van der Waals surface area contributed by atoms with Crippen LogP contribution in [0.3, 0.4) is 0 Å². The topological polar surface area (TPSA) is 184 Å². The maximum Gasteiger partial charge on any atom is 0.262 e. The summed E-state index contributed by atoms with van der Waals surface area (Å²) in [6, 6.07) is 5.88. The van der Waals surface area contributed by atoms with Crippen molar-refractivity contribution < 1.29 is 13.2 Å². The largest absolute Gasteiger partial charge is 0.381 e. The van der Waals surface area contributed by atoms with E-state index in [-0.39, 0.29) is 34.8 Å². The number of rotatable bonds is 7. The molecule has 0 unspecified atom stereocenters. The van der Waals surface area contributed by atoms with E-state index in [4.69, 9.17) is 5.73 Å². The molecule has 41 heavy (non-hydrogen) atoms. The minimum Gasteiger partial charge on any atom is -0.381 e. The molecule has 4 aromatic heterocycles. The lowest BCUT2D eigenvalue weighted by atomic mass is 10.1. The van der Waals surface area contributed by atoms with Gasteiger partial charge in [-0.2, -0.15) is 5.10 Å². The van der Waals surface area contributed by atoms with Gasteiger partial charge in [-0.05, 0) is 32.2 Å². The molecule has 0 fully saturated rings. The van der Waals surface area contributed by atoms with Crippen molar-refractivity contribution in [1.82, 2.24) is 44.0 Å². The van der Waals surface area contributed by atoms with Crippen LogP contribution in [-0.4, -0.2) is 61.1 Å². The first kappa shape index (κ1) is 27.5. The fourth-order valence-corrected chi connectivity index (χ4v) is 4.95. The van der Waals surface area contributed by atoms with E-state index in [0.29, 0.717) is 16.6 Å². The third-order valence-electron chi connectivity index (χ3n) is 6.34. The van der Waals surface area contributed by atoms with Crippen molar-refractivity contribution >= 4 is 38.3 Å². The second kappa shape index (κ2) is 10.8. The summed E-state index contributed by atoms with van der Waals surface area (Å²) in [5, 5.41) is 11.2. The molecule has 0 aliphatic heterocycles. The van der Waals surface area contributed by atoms with Gasteiger partial charge in [0.25, 0.3) is 11.5 Å². The summed E-state index contributed by atoms with van der Waals surface area (Å²) in [6.45, 7) is 1.42. The van der Waals surface area contributed by atoms with Gasteiger partial charge >= 0.3 is 0 Å². The molecule has 0 saturated carbocycles. The fourth-order valence-electron chi connectivity index (χ4n) is 4.33. The van der Waals surface area contributed by atoms with Gasteiger partial charge in [0.15, 0.2) is 11.5 Å². The molecule has 0 bridgehead atoms. The molecule has 1 amide bonds. The number of anilines is 1. The number of fused-ring (bicyclic) bond motifs is 2. The number of hydrogen-bond donors (Lipinski definition) is 3. The van der Waals surface area contributed by atoms with Crippen LogP contribution in [0.1, 0.15) is 40.3 Å². The molecule has 14 nitrogen and oxygen atoms in total. The molecular formula is C26H26N10O4S. The van der Waals surface area contributed by atoms with Crippen LogP contribution in [0, 0.1) is 11.8 Å². The number of nitrogens with zero attached hydrogens (tertiary/aromatic N) is 7. The van der Waals surface area contributed by atoms with E-state index in [0.717, 1.165) is 0 Å². The number of nitrogens with two attached hydrogens (primary N) is 1. The first-order valence-electron chi connectivity index (χ1n) is 12.4. The van der Waals surface area contributed by atoms with Crippen LogP contribution >= 0.6 is 0 Å². The number of hydrogen-bond acceptors (Lipinski definition) is 9. The smallest absolute Gasteiger partial charge is 0.262 e. The molecule has 0 radical (unpaired) electrons. The van der Waals surface area contributed by atoms with Crippen LogP contribution < -0.4 is 21.3 Å². The minimum atomic E-state index is -3.67. The van der Waals surface area contributed by atoms with Gasteiger partial charge in [0, 0.05) is 37.7 Å². The quantitative estimate of drug-likeness (QED) is 0.228. The number of nitrogens with one attached hydrogen (secondary N) is 2. The van der Waals surface area contributed by atoms with E-state index in [2.05, 4.69) is 42.0 Å². The molecule has 0 saturated heterocycles. The number of aryl methyl sites for hydroxylation is 1. The van der Waals surface area contributed by atoms with E-state index in [1.165, 1.54) is 22.3 Å². The van der Waals surface area contributed by atoms with E-state index >= 15 is 0 Å². The van der Waals surface area contributed by atoms with Crippen molar-refractivity contribution in [3.05, 3.63) is 81.9 Å². The predicted molar refractivity (Wildman–Crippen MR) is 151 cm³/mol. The zero-order chi connectivity index (χ0) is 29.3. The first-order chi connectivity index (χ1) is 19.6. The van der Waals surface area contributed by atoms with Crippen LogP contribution in [0.4, 0.5) is 5.82 Å². The van der Waals surface area contributed by atoms with Crippen molar-refractivity contribution in [2.24, 2.45) is 7.05 Å². The van der Waals surface area contributed by atoms with Gasteiger partial charge < -0.3 is 11.1 Å². The molecule has 0 aliphatic carbocycles. The van der Waals surface area contributed by atoms with Gasteiger partial charge in [0.2, 0.25) is 10.0 Å². The van der Waals surface area contributed by atoms with Crippen LogP contribution in [0.5, 0.6) is 0 Å². The summed E-state index contributed by atoms with van der Waals surface area (Å²) in [6.07, 6.45) is 6.46. The molecule has 0 aliphatic rings. The maximum atomic E-state index is 13.9. The van der Waals surface area contributed by atoms with E-state index in [9.17, 15) is 18.0 Å². The van der Waals surface area contributed by atoms with Gasteiger partial charge in [0.05, 0.1) is 34.5 Å². The molecule has 1 atom stereocenters. The highest BCUT2D eigenvalue weighted by Gasteiger charge is 2.25. The molecule has 4 heterocycles. The zero-order valence-corrected chi connectivity index (χ0v) is 23.2. The summed E-state index contributed by atoms with van der Waals surface area (Å²) in [4.78, 5) is 36.1. The second-order valence-corrected chi connectivity index (χ2v) is 11.2. The highest BCUT2D eigenvalue weighted by atomic mass is 32.2. The minimum absolute atomic E-state index is 0.0193. The highest BCUT2D eigenvalue weighted by molar-refractivity contribution is 7.89. The third-order valence-corrected chi connectivity index (χ3v) is 7.68. The average Bonchev–Trinajstić information content (AvgIpc) is 3.52. The normalized spacial score (nSPS) is 12.3. The maximum absolute atomic E-state index is 13.9. The second-order valence-electron chi connectivity index (χ2n) is 9.15. The van der Waals surface area contributed by atoms with Crippen LogP contribution in [0.15, 0.2) is 53.8 Å². The lowest BCUT2D eigenvalue weighted by Gasteiger charge is -2.20. The Hall–Kier alpha value is -5.07. The third kappa shape index (κ3) is 5.51. The van der Waals surface area contributed by atoms with Crippen molar-refractivity contribution in [3.8, 4) is 11.8 Å². The van der Waals surface area contributed by atoms with Crippen LogP contribution in [0.25, 0.3) is 16.6 Å². The average molecular weight is 575 g/mol. The van der Waals surface area contributed by atoms with Crippen molar-refractivity contribution in [2.75, 3.05) is 18.5 Å². The Labute approximate surface area is 234 Å². The SMILES string of the molecule is CNS(=O)(=O)CCn1c([C@H](C)NC(=O)c2c(N)nn3cccnc23)nc2cccc(C#Cc3cnn(C)c3)c2c1=O. The Bertz CT molecular complexity index is 2030. The zero-order valence-electron chi connectivity index (χ0n) is 22.4. The molecule has 15 heteroatoms. The summed E-state index contributed by atoms with van der Waals surface area (Å²) < 4.78 is 31.0. The highest BCUT2D eigenvalue weighted by Crippen LogP contribution is 2.20. The van der Waals surface area contributed by atoms with Crippen LogP contribution in [-0.2, 0) is 23.6 Å². The molecule has 4 N–H and O–H groups in total. The number of benzene rings is 1. The lowest BCUT2D eigenvalue weighted by Crippen LogP contribution is -2.36.